The van der Waals surface area contributed by atoms with Crippen LogP contribution in [-0.2, 0) is 4.74 Å². The number of benzene rings is 1. The Morgan fingerprint density at radius 2 is 1.50 bits per heavy atom. The number of hydrogen-bond acceptors (Lipinski definition) is 1. The fourth-order valence-corrected chi connectivity index (χ4v) is 1.53. The molecule has 0 aromatic heterocycles. The fraction of sp³-hybridized carbons (Fsp3) is 0.412. The van der Waals surface area contributed by atoms with E-state index in [1.165, 1.54) is 5.56 Å². The molecule has 0 N–H and O–H groups in total. The van der Waals surface area contributed by atoms with Gasteiger partial charge in [0.2, 0.25) is 0 Å². The Morgan fingerprint density at radius 3 is 1.83 bits per heavy atom. The lowest BCUT2D eigenvalue weighted by atomic mass is 10.0. The zero-order chi connectivity index (χ0) is 13.8. The third kappa shape index (κ3) is 7.08. The van der Waals surface area contributed by atoms with Crippen LogP contribution in [0.1, 0.15) is 26.3 Å². The van der Waals surface area contributed by atoms with Crippen LogP contribution in [-0.4, -0.2) is 13.2 Å². The summed E-state index contributed by atoms with van der Waals surface area (Å²) in [6, 6.07) is 10.3. The smallest absolute Gasteiger partial charge is 0.0815 e. The number of hydrogen-bond donors (Lipinski definition) is 0. The summed E-state index contributed by atoms with van der Waals surface area (Å²) in [5, 5.41) is 0. The van der Waals surface area contributed by atoms with E-state index < -0.39 is 0 Å². The average Bonchev–Trinajstić information content (AvgIpc) is 2.43. The maximum absolute atomic E-state index is 5.17. The van der Waals surface area contributed by atoms with E-state index in [-0.39, 0.29) is 6.10 Å². The van der Waals surface area contributed by atoms with Gasteiger partial charge < -0.3 is 4.74 Å². The van der Waals surface area contributed by atoms with Gasteiger partial charge in [0.25, 0.3) is 0 Å². The van der Waals surface area contributed by atoms with Crippen molar-refractivity contribution in [1.82, 2.24) is 0 Å². The highest BCUT2D eigenvalue weighted by Crippen LogP contribution is 2.13. The third-order valence-electron chi connectivity index (χ3n) is 2.56. The number of rotatable bonds is 1. The molecule has 1 aromatic carbocycles. The predicted molar refractivity (Wildman–Crippen MR) is 80.8 cm³/mol. The Morgan fingerprint density at radius 1 is 0.944 bits per heavy atom. The maximum Gasteiger partial charge on any atom is 0.0815 e. The SMILES string of the molecule is CC.COC1C=CC=CC1C.Cc1ccccc1. The van der Waals surface area contributed by atoms with Crippen LogP contribution in [0.3, 0.4) is 0 Å². The van der Waals surface area contributed by atoms with E-state index in [0.29, 0.717) is 5.92 Å². The van der Waals surface area contributed by atoms with Crippen LogP contribution in [0.15, 0.2) is 54.6 Å². The monoisotopic (exact) mass is 246 g/mol. The molecule has 100 valence electrons. The lowest BCUT2D eigenvalue weighted by Crippen LogP contribution is -2.17. The first-order chi connectivity index (χ1) is 8.74. The Labute approximate surface area is 112 Å². The highest BCUT2D eigenvalue weighted by Gasteiger charge is 2.11. The molecule has 0 bridgehead atoms. The molecule has 18 heavy (non-hydrogen) atoms. The zero-order valence-electron chi connectivity index (χ0n) is 12.3. The van der Waals surface area contributed by atoms with Crippen LogP contribution in [0, 0.1) is 12.8 Å². The van der Waals surface area contributed by atoms with Gasteiger partial charge >= 0.3 is 0 Å². The molecule has 0 radical (unpaired) electrons. The second-order valence-electron chi connectivity index (χ2n) is 3.98. The van der Waals surface area contributed by atoms with Crippen molar-refractivity contribution in [2.45, 2.75) is 33.8 Å². The summed E-state index contributed by atoms with van der Waals surface area (Å²) in [6.07, 6.45) is 8.59. The van der Waals surface area contributed by atoms with Crippen molar-refractivity contribution in [3.05, 3.63) is 60.2 Å². The summed E-state index contributed by atoms with van der Waals surface area (Å²) >= 11 is 0. The van der Waals surface area contributed by atoms with Crippen molar-refractivity contribution in [3.8, 4) is 0 Å². The van der Waals surface area contributed by atoms with E-state index in [1.54, 1.807) is 7.11 Å². The minimum atomic E-state index is 0.287. The first kappa shape index (κ1) is 16.7. The molecule has 2 atom stereocenters. The van der Waals surface area contributed by atoms with Gasteiger partial charge in [-0.25, -0.2) is 0 Å². The van der Waals surface area contributed by atoms with Crippen molar-refractivity contribution in [2.75, 3.05) is 7.11 Å². The minimum Gasteiger partial charge on any atom is -0.377 e. The Hall–Kier alpha value is -1.34. The van der Waals surface area contributed by atoms with Gasteiger partial charge in [0, 0.05) is 13.0 Å². The Kier molecular flexibility index (Phi) is 9.99. The lowest BCUT2D eigenvalue weighted by Gasteiger charge is -2.17. The van der Waals surface area contributed by atoms with Crippen LogP contribution >= 0.6 is 0 Å². The summed E-state index contributed by atoms with van der Waals surface area (Å²) < 4.78 is 5.17. The topological polar surface area (TPSA) is 9.23 Å². The van der Waals surface area contributed by atoms with E-state index in [0.717, 1.165) is 0 Å². The van der Waals surface area contributed by atoms with Gasteiger partial charge in [0.15, 0.2) is 0 Å². The van der Waals surface area contributed by atoms with E-state index in [1.807, 2.05) is 38.1 Å². The van der Waals surface area contributed by atoms with Gasteiger partial charge in [-0.15, -0.1) is 0 Å². The number of allylic oxidation sites excluding steroid dienone is 2. The van der Waals surface area contributed by atoms with Crippen molar-refractivity contribution in [1.29, 1.82) is 0 Å². The predicted octanol–water partition coefficient (Wildman–Crippen LogP) is 4.78. The third-order valence-corrected chi connectivity index (χ3v) is 2.56. The van der Waals surface area contributed by atoms with Gasteiger partial charge in [-0.05, 0) is 6.92 Å². The summed E-state index contributed by atoms with van der Waals surface area (Å²) in [6.45, 7) is 8.23. The zero-order valence-corrected chi connectivity index (χ0v) is 12.3. The van der Waals surface area contributed by atoms with Crippen molar-refractivity contribution in [2.24, 2.45) is 5.92 Å². The molecule has 0 fully saturated rings. The minimum absolute atomic E-state index is 0.287. The molecule has 1 heteroatoms. The first-order valence-corrected chi connectivity index (χ1v) is 6.63. The second-order valence-corrected chi connectivity index (χ2v) is 3.98. The van der Waals surface area contributed by atoms with Crippen LogP contribution in [0.5, 0.6) is 0 Å². The second kappa shape index (κ2) is 10.8. The lowest BCUT2D eigenvalue weighted by molar-refractivity contribution is 0.112. The molecule has 0 amide bonds. The highest BCUT2D eigenvalue weighted by molar-refractivity contribution is 5.14. The molecule has 0 heterocycles. The molecule has 0 aliphatic heterocycles. The average molecular weight is 246 g/mol. The molecule has 0 spiro atoms. The summed E-state index contributed by atoms with van der Waals surface area (Å²) in [7, 11) is 1.74. The van der Waals surface area contributed by atoms with Gasteiger partial charge in [-0.3, -0.25) is 0 Å². The van der Waals surface area contributed by atoms with Crippen LogP contribution in [0.2, 0.25) is 0 Å². The molecular weight excluding hydrogens is 220 g/mol. The molecule has 1 nitrogen and oxygen atoms in total. The summed E-state index contributed by atoms with van der Waals surface area (Å²) in [5.74, 6) is 0.528. The number of methoxy groups -OCH3 is 1. The fourth-order valence-electron chi connectivity index (χ4n) is 1.53. The van der Waals surface area contributed by atoms with Crippen LogP contribution in [0.4, 0.5) is 0 Å². The molecule has 0 saturated carbocycles. The van der Waals surface area contributed by atoms with Crippen LogP contribution in [0.25, 0.3) is 0 Å². The standard InChI is InChI=1S/C8H12O.C7H8.C2H6/c1-7-5-3-4-6-8(7)9-2;1-7-5-3-2-4-6-7;1-2/h3-8H,1-2H3;2-6H,1H3;1-2H3. The quantitative estimate of drug-likeness (QED) is 0.692. The molecular formula is C17H26O. The van der Waals surface area contributed by atoms with Gasteiger partial charge in [0.05, 0.1) is 6.10 Å². The van der Waals surface area contributed by atoms with Gasteiger partial charge in [-0.2, -0.15) is 0 Å². The van der Waals surface area contributed by atoms with E-state index in [9.17, 15) is 0 Å². The molecule has 1 aliphatic rings. The summed E-state index contributed by atoms with van der Waals surface area (Å²) in [5.41, 5.74) is 1.32. The Balaban J connectivity index is 0.000000289. The normalized spacial score (nSPS) is 20.3. The molecule has 1 aromatic rings. The van der Waals surface area contributed by atoms with Gasteiger partial charge in [0.1, 0.15) is 0 Å². The molecule has 1 aliphatic carbocycles. The van der Waals surface area contributed by atoms with Crippen LogP contribution < -0.4 is 0 Å². The summed E-state index contributed by atoms with van der Waals surface area (Å²) in [4.78, 5) is 0. The number of aryl methyl sites for hydroxylation is 1. The Bertz CT molecular complexity index is 338. The van der Waals surface area contributed by atoms with Gasteiger partial charge in [-0.1, -0.05) is 81.0 Å². The largest absolute Gasteiger partial charge is 0.377 e. The van der Waals surface area contributed by atoms with Crippen molar-refractivity contribution < 1.29 is 4.74 Å². The van der Waals surface area contributed by atoms with E-state index in [4.69, 9.17) is 4.74 Å². The van der Waals surface area contributed by atoms with Crippen molar-refractivity contribution in [3.63, 3.8) is 0 Å². The van der Waals surface area contributed by atoms with E-state index >= 15 is 0 Å². The molecule has 2 unspecified atom stereocenters. The first-order valence-electron chi connectivity index (χ1n) is 6.63. The maximum atomic E-state index is 5.17. The van der Waals surface area contributed by atoms with Crippen molar-refractivity contribution >= 4 is 0 Å². The molecule has 0 saturated heterocycles. The highest BCUT2D eigenvalue weighted by atomic mass is 16.5. The number of ether oxygens (including phenoxy) is 1. The molecule has 2 rings (SSSR count). The van der Waals surface area contributed by atoms with E-state index in [2.05, 4.69) is 44.2 Å².